The summed E-state index contributed by atoms with van der Waals surface area (Å²) in [5, 5.41) is 3.64. The van der Waals surface area contributed by atoms with Crippen molar-refractivity contribution in [3.05, 3.63) is 29.3 Å². The van der Waals surface area contributed by atoms with Gasteiger partial charge in [0, 0.05) is 11.7 Å². The Hall–Kier alpha value is -0.980. The maximum atomic E-state index is 3.64. The Kier molecular flexibility index (Phi) is 3.22. The molecule has 0 atom stereocenters. The number of rotatable bonds is 3. The van der Waals surface area contributed by atoms with E-state index in [4.69, 9.17) is 0 Å². The molecule has 1 N–H and O–H groups in total. The first-order valence-electron chi connectivity index (χ1n) is 6.39. The van der Waals surface area contributed by atoms with Gasteiger partial charge in [0.05, 0.1) is 0 Å². The first-order valence-corrected chi connectivity index (χ1v) is 6.39. The van der Waals surface area contributed by atoms with Crippen LogP contribution in [0.25, 0.3) is 0 Å². The quantitative estimate of drug-likeness (QED) is 0.802. The van der Waals surface area contributed by atoms with Gasteiger partial charge in [0.2, 0.25) is 0 Å². The number of benzene rings is 1. The van der Waals surface area contributed by atoms with Gasteiger partial charge in [-0.1, -0.05) is 19.9 Å². The van der Waals surface area contributed by atoms with Crippen LogP contribution in [-0.2, 0) is 0 Å². The molecule has 0 radical (unpaired) electrons. The summed E-state index contributed by atoms with van der Waals surface area (Å²) in [6.45, 7) is 8.99. The zero-order valence-electron chi connectivity index (χ0n) is 10.9. The minimum atomic E-state index is 0.702. The molecule has 1 aromatic rings. The third-order valence-corrected chi connectivity index (χ3v) is 3.71. The van der Waals surface area contributed by atoms with Crippen LogP contribution < -0.4 is 5.32 Å². The number of nitrogens with one attached hydrogen (secondary N) is 1. The monoisotopic (exact) mass is 217 g/mol. The molecule has 0 bridgehead atoms. The molecule has 0 heterocycles. The predicted octanol–water partition coefficient (Wildman–Crippen LogP) is 4.15. The van der Waals surface area contributed by atoms with Gasteiger partial charge in [0.25, 0.3) is 0 Å². The Labute approximate surface area is 99.3 Å². The summed E-state index contributed by atoms with van der Waals surface area (Å²) in [4.78, 5) is 0. The van der Waals surface area contributed by atoms with Gasteiger partial charge in [-0.15, -0.1) is 0 Å². The summed E-state index contributed by atoms with van der Waals surface area (Å²) >= 11 is 0. The molecule has 1 aliphatic carbocycles. The Morgan fingerprint density at radius 1 is 1.06 bits per heavy atom. The fraction of sp³-hybridized carbons (Fsp3) is 0.600. The lowest BCUT2D eigenvalue weighted by molar-refractivity contribution is 0.212. The summed E-state index contributed by atoms with van der Waals surface area (Å²) in [5.74, 6) is 1.78. The van der Waals surface area contributed by atoms with Gasteiger partial charge in [-0.3, -0.25) is 0 Å². The molecule has 0 aliphatic heterocycles. The van der Waals surface area contributed by atoms with Crippen LogP contribution in [0.1, 0.15) is 37.8 Å². The highest BCUT2D eigenvalue weighted by atomic mass is 14.9. The molecule has 0 spiro atoms. The Morgan fingerprint density at radius 3 is 2.12 bits per heavy atom. The minimum absolute atomic E-state index is 0.702. The van der Waals surface area contributed by atoms with Crippen molar-refractivity contribution < 1.29 is 0 Å². The molecule has 1 nitrogen and oxygen atoms in total. The summed E-state index contributed by atoms with van der Waals surface area (Å²) in [6.07, 6.45) is 2.68. The number of anilines is 1. The second-order valence-electron chi connectivity index (χ2n) is 5.69. The normalized spacial score (nSPS) is 24.3. The fourth-order valence-electron chi connectivity index (χ4n) is 2.62. The first kappa shape index (κ1) is 11.5. The van der Waals surface area contributed by atoms with E-state index in [1.54, 1.807) is 0 Å². The van der Waals surface area contributed by atoms with Crippen molar-refractivity contribution in [2.24, 2.45) is 11.8 Å². The molecule has 1 fully saturated rings. The van der Waals surface area contributed by atoms with Crippen molar-refractivity contribution in [3.8, 4) is 0 Å². The molecule has 1 aromatic carbocycles. The molecule has 1 aliphatic rings. The van der Waals surface area contributed by atoms with Crippen LogP contribution >= 0.6 is 0 Å². The van der Waals surface area contributed by atoms with E-state index in [2.05, 4.69) is 51.2 Å². The summed E-state index contributed by atoms with van der Waals surface area (Å²) in [7, 11) is 0. The van der Waals surface area contributed by atoms with Crippen LogP contribution in [0.3, 0.4) is 0 Å². The fourth-order valence-corrected chi connectivity index (χ4v) is 2.62. The molecule has 0 saturated heterocycles. The van der Waals surface area contributed by atoms with Gasteiger partial charge in [0.15, 0.2) is 0 Å². The minimum Gasteiger partial charge on any atom is -0.382 e. The molecule has 1 heteroatoms. The van der Waals surface area contributed by atoms with Gasteiger partial charge in [-0.05, 0) is 61.8 Å². The molecule has 1 saturated carbocycles. The van der Waals surface area contributed by atoms with Crippen molar-refractivity contribution in [3.63, 3.8) is 0 Å². The largest absolute Gasteiger partial charge is 0.382 e. The molecule has 0 amide bonds. The van der Waals surface area contributed by atoms with Gasteiger partial charge >= 0.3 is 0 Å². The average Bonchev–Trinajstić information content (AvgIpc) is 2.08. The standard InChI is InChI=1S/C15H23N/c1-10(2)13-8-15(9-13)16-14-6-11(3)5-12(4)7-14/h5-7,10,13,15-16H,8-9H2,1-4H3. The average molecular weight is 217 g/mol. The summed E-state index contributed by atoms with van der Waals surface area (Å²) in [5.41, 5.74) is 3.99. The second kappa shape index (κ2) is 4.48. The zero-order chi connectivity index (χ0) is 11.7. The van der Waals surface area contributed by atoms with Crippen LogP contribution in [-0.4, -0.2) is 6.04 Å². The third-order valence-electron chi connectivity index (χ3n) is 3.71. The highest BCUT2D eigenvalue weighted by Crippen LogP contribution is 2.35. The van der Waals surface area contributed by atoms with Crippen LogP contribution in [0.5, 0.6) is 0 Å². The Morgan fingerprint density at radius 2 is 1.62 bits per heavy atom. The lowest BCUT2D eigenvalue weighted by Gasteiger charge is -2.39. The van der Waals surface area contributed by atoms with E-state index in [-0.39, 0.29) is 0 Å². The van der Waals surface area contributed by atoms with Gasteiger partial charge in [-0.25, -0.2) is 0 Å². The molecule has 16 heavy (non-hydrogen) atoms. The maximum absolute atomic E-state index is 3.64. The van der Waals surface area contributed by atoms with Gasteiger partial charge in [0.1, 0.15) is 0 Å². The van der Waals surface area contributed by atoms with Crippen molar-refractivity contribution in [1.29, 1.82) is 0 Å². The third kappa shape index (κ3) is 2.58. The lowest BCUT2D eigenvalue weighted by atomic mass is 9.73. The molecule has 0 unspecified atom stereocenters. The molecular weight excluding hydrogens is 194 g/mol. The van der Waals surface area contributed by atoms with E-state index < -0.39 is 0 Å². The summed E-state index contributed by atoms with van der Waals surface area (Å²) in [6, 6.07) is 7.42. The predicted molar refractivity (Wildman–Crippen MR) is 70.9 cm³/mol. The van der Waals surface area contributed by atoms with E-state index in [0.717, 1.165) is 11.8 Å². The molecule has 2 rings (SSSR count). The molecule has 0 aromatic heterocycles. The van der Waals surface area contributed by atoms with Crippen molar-refractivity contribution in [2.75, 3.05) is 5.32 Å². The van der Waals surface area contributed by atoms with E-state index in [1.165, 1.54) is 29.7 Å². The van der Waals surface area contributed by atoms with E-state index in [9.17, 15) is 0 Å². The topological polar surface area (TPSA) is 12.0 Å². The number of hydrogen-bond acceptors (Lipinski definition) is 1. The highest BCUT2D eigenvalue weighted by molar-refractivity contribution is 5.49. The maximum Gasteiger partial charge on any atom is 0.0347 e. The zero-order valence-corrected chi connectivity index (χ0v) is 10.9. The SMILES string of the molecule is Cc1cc(C)cc(NC2CC(C(C)C)C2)c1. The van der Waals surface area contributed by atoms with Crippen LogP contribution in [0.4, 0.5) is 5.69 Å². The van der Waals surface area contributed by atoms with Gasteiger partial charge in [-0.2, -0.15) is 0 Å². The smallest absolute Gasteiger partial charge is 0.0347 e. The van der Waals surface area contributed by atoms with Crippen molar-refractivity contribution in [1.82, 2.24) is 0 Å². The van der Waals surface area contributed by atoms with E-state index in [0.29, 0.717) is 6.04 Å². The van der Waals surface area contributed by atoms with Crippen molar-refractivity contribution in [2.45, 2.75) is 46.6 Å². The van der Waals surface area contributed by atoms with Crippen LogP contribution in [0, 0.1) is 25.7 Å². The highest BCUT2D eigenvalue weighted by Gasteiger charge is 2.30. The summed E-state index contributed by atoms with van der Waals surface area (Å²) < 4.78 is 0. The first-order chi connectivity index (χ1) is 7.54. The Bertz CT molecular complexity index is 341. The Balaban J connectivity index is 1.91. The lowest BCUT2D eigenvalue weighted by Crippen LogP contribution is -2.37. The van der Waals surface area contributed by atoms with Gasteiger partial charge < -0.3 is 5.32 Å². The van der Waals surface area contributed by atoms with E-state index >= 15 is 0 Å². The number of aryl methyl sites for hydroxylation is 2. The molecule has 88 valence electrons. The second-order valence-corrected chi connectivity index (χ2v) is 5.69. The van der Waals surface area contributed by atoms with Crippen LogP contribution in [0.15, 0.2) is 18.2 Å². The number of hydrogen-bond donors (Lipinski definition) is 1. The van der Waals surface area contributed by atoms with Crippen LogP contribution in [0.2, 0.25) is 0 Å². The van der Waals surface area contributed by atoms with E-state index in [1.807, 2.05) is 0 Å². The van der Waals surface area contributed by atoms with Crippen molar-refractivity contribution >= 4 is 5.69 Å². The molecular formula is C15H23N.